The SMILES string of the molecule is CN(Cc1ccccc1O)C(=O)C1COCCN1. The topological polar surface area (TPSA) is 61.8 Å². The van der Waals surface area contributed by atoms with E-state index in [2.05, 4.69) is 5.32 Å². The van der Waals surface area contributed by atoms with Crippen molar-refractivity contribution in [2.75, 3.05) is 26.8 Å². The Kier molecular flexibility index (Phi) is 4.17. The van der Waals surface area contributed by atoms with E-state index >= 15 is 0 Å². The number of benzene rings is 1. The highest BCUT2D eigenvalue weighted by atomic mass is 16.5. The number of phenolic OH excluding ortho intramolecular Hbond substituents is 1. The molecule has 2 N–H and O–H groups in total. The molecule has 0 bridgehead atoms. The van der Waals surface area contributed by atoms with Gasteiger partial charge in [-0.05, 0) is 6.07 Å². The van der Waals surface area contributed by atoms with Crippen LogP contribution in [0.2, 0.25) is 0 Å². The third kappa shape index (κ3) is 3.00. The second-order valence-corrected chi connectivity index (χ2v) is 4.40. The van der Waals surface area contributed by atoms with E-state index in [1.54, 1.807) is 24.1 Å². The Labute approximate surface area is 106 Å². The van der Waals surface area contributed by atoms with Crippen LogP contribution in [0, 0.1) is 0 Å². The second-order valence-electron chi connectivity index (χ2n) is 4.40. The number of aromatic hydroxyl groups is 1. The van der Waals surface area contributed by atoms with Gasteiger partial charge in [0.15, 0.2) is 0 Å². The number of nitrogens with zero attached hydrogens (tertiary/aromatic N) is 1. The maximum Gasteiger partial charge on any atom is 0.242 e. The van der Waals surface area contributed by atoms with Crippen molar-refractivity contribution in [3.8, 4) is 5.75 Å². The zero-order valence-electron chi connectivity index (χ0n) is 10.4. The molecule has 0 radical (unpaired) electrons. The van der Waals surface area contributed by atoms with Crippen LogP contribution in [0.3, 0.4) is 0 Å². The van der Waals surface area contributed by atoms with E-state index in [0.29, 0.717) is 26.3 Å². The second kappa shape index (κ2) is 5.84. The number of ether oxygens (including phenoxy) is 1. The summed E-state index contributed by atoms with van der Waals surface area (Å²) in [6.45, 7) is 2.14. The van der Waals surface area contributed by atoms with Crippen molar-refractivity contribution in [1.29, 1.82) is 0 Å². The molecule has 1 amide bonds. The van der Waals surface area contributed by atoms with Crippen LogP contribution in [0.5, 0.6) is 5.75 Å². The highest BCUT2D eigenvalue weighted by Crippen LogP contribution is 2.17. The molecule has 2 rings (SSSR count). The van der Waals surface area contributed by atoms with E-state index in [1.165, 1.54) is 0 Å². The molecule has 1 aliphatic rings. The smallest absolute Gasteiger partial charge is 0.242 e. The van der Waals surface area contributed by atoms with Gasteiger partial charge in [0.1, 0.15) is 11.8 Å². The summed E-state index contributed by atoms with van der Waals surface area (Å²) in [6, 6.07) is 6.75. The summed E-state index contributed by atoms with van der Waals surface area (Å²) in [7, 11) is 1.73. The Morgan fingerprint density at radius 3 is 3.00 bits per heavy atom. The van der Waals surface area contributed by atoms with Crippen LogP contribution in [-0.4, -0.2) is 48.8 Å². The Hall–Kier alpha value is -1.59. The van der Waals surface area contributed by atoms with Crippen molar-refractivity contribution in [3.63, 3.8) is 0 Å². The molecule has 0 saturated carbocycles. The van der Waals surface area contributed by atoms with Crippen molar-refractivity contribution in [2.45, 2.75) is 12.6 Å². The lowest BCUT2D eigenvalue weighted by atomic mass is 10.1. The van der Waals surface area contributed by atoms with Gasteiger partial charge in [-0.25, -0.2) is 0 Å². The van der Waals surface area contributed by atoms with Crippen LogP contribution in [0.15, 0.2) is 24.3 Å². The quantitative estimate of drug-likeness (QED) is 0.812. The van der Waals surface area contributed by atoms with Crippen LogP contribution in [0.25, 0.3) is 0 Å². The molecular weight excluding hydrogens is 232 g/mol. The van der Waals surface area contributed by atoms with Crippen molar-refractivity contribution >= 4 is 5.91 Å². The van der Waals surface area contributed by atoms with E-state index in [9.17, 15) is 9.90 Å². The number of likely N-dealkylation sites (N-methyl/N-ethyl adjacent to an activating group) is 1. The summed E-state index contributed by atoms with van der Waals surface area (Å²) < 4.78 is 5.27. The third-order valence-corrected chi connectivity index (χ3v) is 3.00. The first-order chi connectivity index (χ1) is 8.68. The number of carbonyl (C=O) groups excluding carboxylic acids is 1. The highest BCUT2D eigenvalue weighted by molar-refractivity contribution is 5.82. The van der Waals surface area contributed by atoms with Crippen LogP contribution < -0.4 is 5.32 Å². The van der Waals surface area contributed by atoms with Crippen LogP contribution in [0.1, 0.15) is 5.56 Å². The van der Waals surface area contributed by atoms with Gasteiger partial charge in [0, 0.05) is 25.7 Å². The Morgan fingerprint density at radius 2 is 2.33 bits per heavy atom. The molecule has 1 heterocycles. The van der Waals surface area contributed by atoms with Crippen LogP contribution in [-0.2, 0) is 16.1 Å². The van der Waals surface area contributed by atoms with E-state index in [1.807, 2.05) is 12.1 Å². The van der Waals surface area contributed by atoms with E-state index in [0.717, 1.165) is 5.56 Å². The molecule has 0 aromatic heterocycles. The highest BCUT2D eigenvalue weighted by Gasteiger charge is 2.24. The maximum atomic E-state index is 12.1. The van der Waals surface area contributed by atoms with Crippen molar-refractivity contribution in [2.24, 2.45) is 0 Å². The fourth-order valence-electron chi connectivity index (χ4n) is 1.97. The number of morpholine rings is 1. The molecule has 1 unspecified atom stereocenters. The van der Waals surface area contributed by atoms with E-state index in [4.69, 9.17) is 4.74 Å². The summed E-state index contributed by atoms with van der Waals surface area (Å²) in [5.41, 5.74) is 0.741. The molecule has 1 atom stereocenters. The minimum Gasteiger partial charge on any atom is -0.508 e. The van der Waals surface area contributed by atoms with Crippen LogP contribution in [0.4, 0.5) is 0 Å². The van der Waals surface area contributed by atoms with Gasteiger partial charge in [-0.2, -0.15) is 0 Å². The Balaban J connectivity index is 1.96. The molecule has 1 aromatic rings. The Morgan fingerprint density at radius 1 is 1.56 bits per heavy atom. The summed E-state index contributed by atoms with van der Waals surface area (Å²) in [5, 5.41) is 12.8. The molecule has 1 saturated heterocycles. The molecule has 5 heteroatoms. The first-order valence-corrected chi connectivity index (χ1v) is 6.01. The van der Waals surface area contributed by atoms with E-state index < -0.39 is 0 Å². The number of para-hydroxylation sites is 1. The van der Waals surface area contributed by atoms with Gasteiger partial charge in [-0.1, -0.05) is 18.2 Å². The van der Waals surface area contributed by atoms with Crippen molar-refractivity contribution in [3.05, 3.63) is 29.8 Å². The first-order valence-electron chi connectivity index (χ1n) is 6.01. The summed E-state index contributed by atoms with van der Waals surface area (Å²) in [4.78, 5) is 13.7. The molecule has 18 heavy (non-hydrogen) atoms. The minimum atomic E-state index is -0.283. The lowest BCUT2D eigenvalue weighted by molar-refractivity contribution is -0.135. The van der Waals surface area contributed by atoms with Crippen molar-refractivity contribution < 1.29 is 14.6 Å². The van der Waals surface area contributed by atoms with Gasteiger partial charge in [-0.3, -0.25) is 4.79 Å². The Bertz CT molecular complexity index is 416. The molecule has 1 fully saturated rings. The molecule has 98 valence electrons. The number of rotatable bonds is 3. The van der Waals surface area contributed by atoms with E-state index in [-0.39, 0.29) is 17.7 Å². The average molecular weight is 250 g/mol. The zero-order valence-corrected chi connectivity index (χ0v) is 10.4. The third-order valence-electron chi connectivity index (χ3n) is 3.00. The molecular formula is C13H18N2O3. The van der Waals surface area contributed by atoms with Gasteiger partial charge in [0.25, 0.3) is 0 Å². The predicted octanol–water partition coefficient (Wildman–Crippen LogP) is 0.339. The van der Waals surface area contributed by atoms with Gasteiger partial charge >= 0.3 is 0 Å². The molecule has 5 nitrogen and oxygen atoms in total. The number of hydrogen-bond donors (Lipinski definition) is 2. The molecule has 1 aromatic carbocycles. The minimum absolute atomic E-state index is 0.0158. The molecule has 1 aliphatic heterocycles. The lowest BCUT2D eigenvalue weighted by Crippen LogP contribution is -2.51. The standard InChI is InChI=1S/C13H18N2O3/c1-15(8-10-4-2-3-5-12(10)16)13(17)11-9-18-7-6-14-11/h2-5,11,14,16H,6-9H2,1H3. The summed E-state index contributed by atoms with van der Waals surface area (Å²) >= 11 is 0. The summed E-state index contributed by atoms with van der Waals surface area (Å²) in [6.07, 6.45) is 0. The summed E-state index contributed by atoms with van der Waals surface area (Å²) in [5.74, 6) is 0.197. The number of phenols is 1. The normalized spacial score (nSPS) is 19.5. The molecule has 0 aliphatic carbocycles. The predicted molar refractivity (Wildman–Crippen MR) is 67.2 cm³/mol. The largest absolute Gasteiger partial charge is 0.508 e. The number of carbonyl (C=O) groups is 1. The number of amides is 1. The first kappa shape index (κ1) is 12.9. The van der Waals surface area contributed by atoms with Gasteiger partial charge in [0.2, 0.25) is 5.91 Å². The zero-order chi connectivity index (χ0) is 13.0. The molecule has 0 spiro atoms. The monoisotopic (exact) mass is 250 g/mol. The van der Waals surface area contributed by atoms with Gasteiger partial charge in [-0.15, -0.1) is 0 Å². The average Bonchev–Trinajstić information content (AvgIpc) is 2.41. The maximum absolute atomic E-state index is 12.1. The lowest BCUT2D eigenvalue weighted by Gasteiger charge is -2.27. The number of hydrogen-bond acceptors (Lipinski definition) is 4. The fourth-order valence-corrected chi connectivity index (χ4v) is 1.97. The fraction of sp³-hybridized carbons (Fsp3) is 0.462. The van der Waals surface area contributed by atoms with Gasteiger partial charge in [0.05, 0.1) is 13.2 Å². The number of nitrogens with one attached hydrogen (secondary N) is 1. The van der Waals surface area contributed by atoms with Crippen LogP contribution >= 0.6 is 0 Å². The van der Waals surface area contributed by atoms with Gasteiger partial charge < -0.3 is 20.1 Å². The van der Waals surface area contributed by atoms with Crippen molar-refractivity contribution in [1.82, 2.24) is 10.2 Å².